The Labute approximate surface area is 108 Å². The van der Waals surface area contributed by atoms with E-state index in [1.807, 2.05) is 0 Å². The Bertz CT molecular complexity index is 379. The van der Waals surface area contributed by atoms with Crippen molar-refractivity contribution in [2.24, 2.45) is 5.92 Å². The summed E-state index contributed by atoms with van der Waals surface area (Å²) >= 11 is 0. The molecule has 1 saturated carbocycles. The summed E-state index contributed by atoms with van der Waals surface area (Å²) in [4.78, 5) is 2.24. The lowest BCUT2D eigenvalue weighted by molar-refractivity contribution is 0.132. The highest BCUT2D eigenvalue weighted by Crippen LogP contribution is 2.27. The molecule has 1 aliphatic rings. The minimum absolute atomic E-state index is 0.313. The number of hydrogen-bond donors (Lipinski definition) is 1. The molecule has 2 rings (SSSR count). The van der Waals surface area contributed by atoms with Crippen LogP contribution in [0.2, 0.25) is 0 Å². The molecule has 0 saturated heterocycles. The van der Waals surface area contributed by atoms with Crippen molar-refractivity contribution in [3.63, 3.8) is 0 Å². The summed E-state index contributed by atoms with van der Waals surface area (Å²) in [6, 6.07) is 6.47. The van der Waals surface area contributed by atoms with Crippen LogP contribution in [0.15, 0.2) is 24.3 Å². The van der Waals surface area contributed by atoms with Crippen LogP contribution in [0.25, 0.3) is 0 Å². The van der Waals surface area contributed by atoms with E-state index >= 15 is 0 Å². The molecule has 18 heavy (non-hydrogen) atoms. The van der Waals surface area contributed by atoms with Gasteiger partial charge in [0.2, 0.25) is 0 Å². The number of benzene rings is 1. The molecule has 1 atom stereocenters. The Morgan fingerprint density at radius 1 is 1.39 bits per heavy atom. The average molecular weight is 251 g/mol. The summed E-state index contributed by atoms with van der Waals surface area (Å²) in [6.07, 6.45) is 3.91. The SMILES string of the molecule is CN(CCC(O)c1ccccc1F)CC1CCC1. The largest absolute Gasteiger partial charge is 0.388 e. The Morgan fingerprint density at radius 2 is 2.11 bits per heavy atom. The molecule has 1 unspecified atom stereocenters. The van der Waals surface area contributed by atoms with E-state index in [0.717, 1.165) is 19.0 Å². The number of hydrogen-bond acceptors (Lipinski definition) is 2. The first kappa shape index (κ1) is 13.5. The molecule has 1 aromatic rings. The van der Waals surface area contributed by atoms with E-state index in [1.165, 1.54) is 25.3 Å². The predicted molar refractivity (Wildman–Crippen MR) is 70.8 cm³/mol. The highest BCUT2D eigenvalue weighted by atomic mass is 19.1. The summed E-state index contributed by atoms with van der Waals surface area (Å²) in [6.45, 7) is 1.91. The number of nitrogens with zero attached hydrogens (tertiary/aromatic N) is 1. The van der Waals surface area contributed by atoms with Gasteiger partial charge in [-0.15, -0.1) is 0 Å². The third-order valence-corrected chi connectivity index (χ3v) is 3.84. The molecule has 1 fully saturated rings. The van der Waals surface area contributed by atoms with Gasteiger partial charge >= 0.3 is 0 Å². The average Bonchev–Trinajstić information content (AvgIpc) is 2.31. The van der Waals surface area contributed by atoms with Crippen LogP contribution >= 0.6 is 0 Å². The van der Waals surface area contributed by atoms with Gasteiger partial charge in [-0.3, -0.25) is 0 Å². The van der Waals surface area contributed by atoms with Gasteiger partial charge in [-0.1, -0.05) is 24.6 Å². The quantitative estimate of drug-likeness (QED) is 0.840. The van der Waals surface area contributed by atoms with E-state index in [1.54, 1.807) is 18.2 Å². The van der Waals surface area contributed by atoms with Crippen molar-refractivity contribution < 1.29 is 9.50 Å². The van der Waals surface area contributed by atoms with Gasteiger partial charge in [-0.05, 0) is 38.3 Å². The lowest BCUT2D eigenvalue weighted by Crippen LogP contribution is -2.30. The molecule has 0 aliphatic heterocycles. The summed E-state index contributed by atoms with van der Waals surface area (Å²) in [5.74, 6) is 0.521. The second-order valence-corrected chi connectivity index (χ2v) is 5.39. The smallest absolute Gasteiger partial charge is 0.128 e. The van der Waals surface area contributed by atoms with E-state index < -0.39 is 6.10 Å². The van der Waals surface area contributed by atoms with Crippen LogP contribution < -0.4 is 0 Å². The van der Waals surface area contributed by atoms with Crippen LogP contribution in [0, 0.1) is 11.7 Å². The molecule has 0 amide bonds. The van der Waals surface area contributed by atoms with Crippen molar-refractivity contribution in [3.8, 4) is 0 Å². The minimum atomic E-state index is -0.699. The standard InChI is InChI=1S/C15H22FNO/c1-17(11-12-5-4-6-12)10-9-15(18)13-7-2-3-8-14(13)16/h2-3,7-8,12,15,18H,4-6,9-11H2,1H3. The summed E-state index contributed by atoms with van der Waals surface area (Å²) in [7, 11) is 2.08. The Hall–Kier alpha value is -0.930. The summed E-state index contributed by atoms with van der Waals surface area (Å²) < 4.78 is 13.5. The van der Waals surface area contributed by atoms with Gasteiger partial charge < -0.3 is 10.0 Å². The van der Waals surface area contributed by atoms with Gasteiger partial charge in [0.1, 0.15) is 5.82 Å². The van der Waals surface area contributed by atoms with Crippen LogP contribution in [-0.2, 0) is 0 Å². The van der Waals surface area contributed by atoms with Gasteiger partial charge in [0.25, 0.3) is 0 Å². The normalized spacial score (nSPS) is 17.8. The third-order valence-electron chi connectivity index (χ3n) is 3.84. The molecule has 3 heteroatoms. The van der Waals surface area contributed by atoms with Gasteiger partial charge in [-0.2, -0.15) is 0 Å². The number of halogens is 1. The monoisotopic (exact) mass is 251 g/mol. The molecular weight excluding hydrogens is 229 g/mol. The molecule has 2 nitrogen and oxygen atoms in total. The Balaban J connectivity index is 1.77. The zero-order chi connectivity index (χ0) is 13.0. The lowest BCUT2D eigenvalue weighted by atomic mass is 9.85. The van der Waals surface area contributed by atoms with E-state index in [0.29, 0.717) is 12.0 Å². The predicted octanol–water partition coefficient (Wildman–Crippen LogP) is 2.98. The van der Waals surface area contributed by atoms with E-state index in [4.69, 9.17) is 0 Å². The second kappa shape index (κ2) is 6.30. The number of rotatable bonds is 6. The second-order valence-electron chi connectivity index (χ2n) is 5.39. The highest BCUT2D eigenvalue weighted by molar-refractivity contribution is 5.19. The van der Waals surface area contributed by atoms with E-state index in [9.17, 15) is 9.50 Å². The summed E-state index contributed by atoms with van der Waals surface area (Å²) in [5.41, 5.74) is 0.412. The molecule has 0 heterocycles. The van der Waals surface area contributed by atoms with E-state index in [-0.39, 0.29) is 5.82 Å². The van der Waals surface area contributed by atoms with E-state index in [2.05, 4.69) is 11.9 Å². The molecule has 100 valence electrons. The Morgan fingerprint density at radius 3 is 2.72 bits per heavy atom. The first-order valence-electron chi connectivity index (χ1n) is 6.78. The summed E-state index contributed by atoms with van der Waals surface area (Å²) in [5, 5.41) is 9.99. The first-order chi connectivity index (χ1) is 8.66. The third kappa shape index (κ3) is 3.53. The molecule has 0 aromatic heterocycles. The molecule has 1 aromatic carbocycles. The van der Waals surface area contributed by atoms with Crippen LogP contribution in [0.4, 0.5) is 4.39 Å². The lowest BCUT2D eigenvalue weighted by Gasteiger charge is -2.30. The topological polar surface area (TPSA) is 23.5 Å². The Kier molecular flexibility index (Phi) is 4.72. The van der Waals surface area contributed by atoms with Crippen molar-refractivity contribution in [1.29, 1.82) is 0 Å². The fraction of sp³-hybridized carbons (Fsp3) is 0.600. The number of aliphatic hydroxyl groups is 1. The molecule has 1 N–H and O–H groups in total. The molecule has 0 bridgehead atoms. The fourth-order valence-electron chi connectivity index (χ4n) is 2.45. The minimum Gasteiger partial charge on any atom is -0.388 e. The fourth-order valence-corrected chi connectivity index (χ4v) is 2.45. The maximum absolute atomic E-state index is 13.5. The highest BCUT2D eigenvalue weighted by Gasteiger charge is 2.19. The zero-order valence-electron chi connectivity index (χ0n) is 11.0. The molecule has 0 radical (unpaired) electrons. The van der Waals surface area contributed by atoms with Crippen molar-refractivity contribution in [2.75, 3.05) is 20.1 Å². The van der Waals surface area contributed by atoms with Gasteiger partial charge in [0.15, 0.2) is 0 Å². The number of aliphatic hydroxyl groups excluding tert-OH is 1. The van der Waals surface area contributed by atoms with Crippen molar-refractivity contribution in [3.05, 3.63) is 35.6 Å². The molecule has 0 spiro atoms. The van der Waals surface area contributed by atoms with Crippen molar-refractivity contribution in [1.82, 2.24) is 4.90 Å². The molecular formula is C15H22FNO. The van der Waals surface area contributed by atoms with Crippen molar-refractivity contribution in [2.45, 2.75) is 31.8 Å². The maximum Gasteiger partial charge on any atom is 0.128 e. The zero-order valence-corrected chi connectivity index (χ0v) is 11.0. The van der Waals surface area contributed by atoms with Crippen LogP contribution in [0.3, 0.4) is 0 Å². The van der Waals surface area contributed by atoms with Crippen LogP contribution in [0.1, 0.15) is 37.4 Å². The van der Waals surface area contributed by atoms with Crippen LogP contribution in [0.5, 0.6) is 0 Å². The van der Waals surface area contributed by atoms with Gasteiger partial charge in [0.05, 0.1) is 6.10 Å². The first-order valence-corrected chi connectivity index (χ1v) is 6.78. The van der Waals surface area contributed by atoms with Crippen LogP contribution in [-0.4, -0.2) is 30.1 Å². The van der Waals surface area contributed by atoms with Crippen molar-refractivity contribution >= 4 is 0 Å². The van der Waals surface area contributed by atoms with Gasteiger partial charge in [0, 0.05) is 18.7 Å². The maximum atomic E-state index is 13.5. The molecule has 1 aliphatic carbocycles. The van der Waals surface area contributed by atoms with Gasteiger partial charge in [-0.25, -0.2) is 4.39 Å².